The standard InChI is InChI=1S/C18H14N4O3/c23-18(24)22(13-5-9-25-10-6-13)15-4-2-1-3-14(15)17-16-11-19-7-8-21(16)12-20-17/h1-9,11-12H,10H2,(H,23,24). The summed E-state index contributed by atoms with van der Waals surface area (Å²) in [6, 6.07) is 7.27. The van der Waals surface area contributed by atoms with Gasteiger partial charge in [-0.3, -0.25) is 4.98 Å². The molecule has 0 radical (unpaired) electrons. The Hall–Kier alpha value is -3.61. The first-order chi connectivity index (χ1) is 12.3. The molecule has 0 aliphatic carbocycles. The van der Waals surface area contributed by atoms with Crippen LogP contribution in [0.25, 0.3) is 16.8 Å². The van der Waals surface area contributed by atoms with E-state index in [4.69, 9.17) is 4.74 Å². The molecule has 0 saturated heterocycles. The fraction of sp³-hybridized carbons (Fsp3) is 0.0556. The van der Waals surface area contributed by atoms with E-state index >= 15 is 0 Å². The first kappa shape index (κ1) is 14.9. The molecule has 1 aromatic carbocycles. The number of hydrogen-bond donors (Lipinski definition) is 1. The number of carbonyl (C=O) groups is 1. The lowest BCUT2D eigenvalue weighted by atomic mass is 10.1. The first-order valence-electron chi connectivity index (χ1n) is 7.63. The Morgan fingerprint density at radius 3 is 3.00 bits per heavy atom. The van der Waals surface area contributed by atoms with E-state index in [1.54, 1.807) is 49.2 Å². The number of carboxylic acid groups (broad SMARTS) is 1. The molecular formula is C18H14N4O3. The monoisotopic (exact) mass is 334 g/mol. The van der Waals surface area contributed by atoms with Gasteiger partial charge in [-0.15, -0.1) is 0 Å². The highest BCUT2D eigenvalue weighted by molar-refractivity contribution is 5.97. The van der Waals surface area contributed by atoms with Gasteiger partial charge in [-0.2, -0.15) is 0 Å². The van der Waals surface area contributed by atoms with Crippen molar-refractivity contribution in [2.24, 2.45) is 0 Å². The van der Waals surface area contributed by atoms with Gasteiger partial charge >= 0.3 is 6.09 Å². The maximum atomic E-state index is 12.0. The summed E-state index contributed by atoms with van der Waals surface area (Å²) in [6.45, 7) is 0.328. The largest absolute Gasteiger partial charge is 0.497 e. The average molecular weight is 334 g/mol. The number of rotatable bonds is 3. The van der Waals surface area contributed by atoms with Gasteiger partial charge in [-0.25, -0.2) is 14.7 Å². The van der Waals surface area contributed by atoms with Gasteiger partial charge in [0, 0.05) is 18.0 Å². The fourth-order valence-corrected chi connectivity index (χ4v) is 2.81. The minimum absolute atomic E-state index is 0.328. The van der Waals surface area contributed by atoms with Gasteiger partial charge in [0.1, 0.15) is 12.9 Å². The lowest BCUT2D eigenvalue weighted by molar-refractivity contribution is 0.203. The van der Waals surface area contributed by atoms with Crippen LogP contribution in [-0.4, -0.2) is 32.2 Å². The van der Waals surface area contributed by atoms with Crippen molar-refractivity contribution in [3.05, 3.63) is 73.3 Å². The van der Waals surface area contributed by atoms with Crippen molar-refractivity contribution < 1.29 is 14.6 Å². The topological polar surface area (TPSA) is 80.0 Å². The summed E-state index contributed by atoms with van der Waals surface area (Å²) in [7, 11) is 0. The summed E-state index contributed by atoms with van der Waals surface area (Å²) in [4.78, 5) is 21.8. The molecule has 0 unspecified atom stereocenters. The summed E-state index contributed by atoms with van der Waals surface area (Å²) >= 11 is 0. The van der Waals surface area contributed by atoms with E-state index in [1.165, 1.54) is 11.2 Å². The number of amides is 1. The lowest BCUT2D eigenvalue weighted by Crippen LogP contribution is -2.29. The van der Waals surface area contributed by atoms with E-state index in [2.05, 4.69) is 9.97 Å². The maximum Gasteiger partial charge on any atom is 0.416 e. The highest BCUT2D eigenvalue weighted by Crippen LogP contribution is 2.34. The molecule has 1 aliphatic heterocycles. The molecule has 0 bridgehead atoms. The van der Waals surface area contributed by atoms with E-state index in [-0.39, 0.29) is 0 Å². The van der Waals surface area contributed by atoms with Crippen molar-refractivity contribution in [3.8, 4) is 11.3 Å². The second-order valence-corrected chi connectivity index (χ2v) is 5.36. The number of imidazole rings is 1. The number of anilines is 1. The zero-order chi connectivity index (χ0) is 17.2. The molecule has 124 valence electrons. The van der Waals surface area contributed by atoms with E-state index in [0.29, 0.717) is 29.2 Å². The van der Waals surface area contributed by atoms with Crippen LogP contribution in [0.1, 0.15) is 0 Å². The van der Waals surface area contributed by atoms with Crippen LogP contribution in [0.5, 0.6) is 0 Å². The maximum absolute atomic E-state index is 12.0. The third-order valence-corrected chi connectivity index (χ3v) is 3.92. The summed E-state index contributed by atoms with van der Waals surface area (Å²) in [5.74, 6) is 0. The van der Waals surface area contributed by atoms with Crippen LogP contribution in [-0.2, 0) is 4.74 Å². The summed E-state index contributed by atoms with van der Waals surface area (Å²) in [5.41, 5.74) is 3.25. The highest BCUT2D eigenvalue weighted by atomic mass is 16.5. The average Bonchev–Trinajstić information content (AvgIpc) is 3.07. The zero-order valence-corrected chi connectivity index (χ0v) is 13.1. The Bertz CT molecular complexity index is 1010. The summed E-state index contributed by atoms with van der Waals surface area (Å²) < 4.78 is 6.97. The Kier molecular flexibility index (Phi) is 3.66. The molecular weight excluding hydrogens is 320 g/mol. The van der Waals surface area contributed by atoms with Gasteiger partial charge in [-0.05, 0) is 18.2 Å². The third kappa shape index (κ3) is 2.61. The van der Waals surface area contributed by atoms with Crippen LogP contribution in [0.3, 0.4) is 0 Å². The van der Waals surface area contributed by atoms with Gasteiger partial charge in [0.25, 0.3) is 0 Å². The van der Waals surface area contributed by atoms with E-state index < -0.39 is 6.09 Å². The molecule has 3 heterocycles. The lowest BCUT2D eigenvalue weighted by Gasteiger charge is -2.24. The predicted molar refractivity (Wildman–Crippen MR) is 92.1 cm³/mol. The molecule has 3 aromatic rings. The Labute approximate surface area is 143 Å². The second kappa shape index (κ2) is 6.12. The molecule has 7 heteroatoms. The van der Waals surface area contributed by atoms with E-state index in [1.807, 2.05) is 16.5 Å². The van der Waals surface area contributed by atoms with Crippen LogP contribution in [0.2, 0.25) is 0 Å². The predicted octanol–water partition coefficient (Wildman–Crippen LogP) is 3.31. The molecule has 7 nitrogen and oxygen atoms in total. The Balaban J connectivity index is 1.90. The number of benzene rings is 1. The Morgan fingerprint density at radius 2 is 2.20 bits per heavy atom. The molecule has 0 spiro atoms. The zero-order valence-electron chi connectivity index (χ0n) is 13.1. The number of ether oxygens (including phenoxy) is 1. The minimum Gasteiger partial charge on any atom is -0.497 e. The van der Waals surface area contributed by atoms with Gasteiger partial charge in [0.15, 0.2) is 0 Å². The Morgan fingerprint density at radius 1 is 1.32 bits per heavy atom. The van der Waals surface area contributed by atoms with Crippen molar-refractivity contribution in [2.75, 3.05) is 11.5 Å². The molecule has 0 fully saturated rings. The van der Waals surface area contributed by atoms with Crippen molar-refractivity contribution in [1.82, 2.24) is 14.4 Å². The van der Waals surface area contributed by atoms with Crippen LogP contribution in [0.15, 0.2) is 73.3 Å². The smallest absolute Gasteiger partial charge is 0.416 e. The molecule has 1 N–H and O–H groups in total. The van der Waals surface area contributed by atoms with Crippen LogP contribution in [0, 0.1) is 0 Å². The van der Waals surface area contributed by atoms with Crippen LogP contribution < -0.4 is 4.90 Å². The minimum atomic E-state index is -1.08. The van der Waals surface area contributed by atoms with Crippen molar-refractivity contribution in [2.45, 2.75) is 0 Å². The van der Waals surface area contributed by atoms with Gasteiger partial charge in [-0.1, -0.05) is 18.2 Å². The van der Waals surface area contributed by atoms with E-state index in [0.717, 1.165) is 5.52 Å². The molecule has 1 amide bonds. The van der Waals surface area contributed by atoms with Gasteiger partial charge in [0.05, 0.1) is 35.1 Å². The number of allylic oxidation sites excluding steroid dienone is 1. The van der Waals surface area contributed by atoms with E-state index in [9.17, 15) is 9.90 Å². The molecule has 2 aromatic heterocycles. The van der Waals surface area contributed by atoms with Crippen LogP contribution >= 0.6 is 0 Å². The first-order valence-corrected chi connectivity index (χ1v) is 7.63. The number of para-hydroxylation sites is 1. The molecule has 0 saturated carbocycles. The highest BCUT2D eigenvalue weighted by Gasteiger charge is 2.23. The quantitative estimate of drug-likeness (QED) is 0.795. The normalized spacial score (nSPS) is 13.4. The molecule has 4 rings (SSSR count). The fourth-order valence-electron chi connectivity index (χ4n) is 2.81. The van der Waals surface area contributed by atoms with Crippen LogP contribution in [0.4, 0.5) is 10.5 Å². The van der Waals surface area contributed by atoms with Crippen molar-refractivity contribution >= 4 is 17.3 Å². The van der Waals surface area contributed by atoms with Crippen molar-refractivity contribution in [1.29, 1.82) is 0 Å². The summed E-state index contributed by atoms with van der Waals surface area (Å²) in [5, 5.41) is 9.79. The molecule has 25 heavy (non-hydrogen) atoms. The molecule has 0 atom stereocenters. The van der Waals surface area contributed by atoms with Gasteiger partial charge < -0.3 is 14.2 Å². The number of hydrogen-bond acceptors (Lipinski definition) is 4. The SMILES string of the molecule is O=C(O)N(C1=CCOC=C1)c1ccccc1-c1ncn2ccncc12. The number of aromatic nitrogens is 3. The number of fused-ring (bicyclic) bond motifs is 1. The van der Waals surface area contributed by atoms with Crippen molar-refractivity contribution in [3.63, 3.8) is 0 Å². The van der Waals surface area contributed by atoms with Gasteiger partial charge in [0.2, 0.25) is 0 Å². The number of nitrogens with zero attached hydrogens (tertiary/aromatic N) is 4. The second-order valence-electron chi connectivity index (χ2n) is 5.36. The summed E-state index contributed by atoms with van der Waals surface area (Å²) in [6.07, 6.45) is 10.6. The third-order valence-electron chi connectivity index (χ3n) is 3.92. The molecule has 1 aliphatic rings.